The molecule has 9 rings (SSSR count). The summed E-state index contributed by atoms with van der Waals surface area (Å²) in [6.07, 6.45) is 6.82. The van der Waals surface area contributed by atoms with E-state index in [1.54, 1.807) is 48.6 Å². The van der Waals surface area contributed by atoms with Crippen LogP contribution in [0.2, 0.25) is 0 Å². The molecule has 0 saturated heterocycles. The fourth-order valence-electron chi connectivity index (χ4n) is 7.58. The molecule has 8 bridgehead atoms. The van der Waals surface area contributed by atoms with Crippen LogP contribution in [0.4, 0.5) is 0 Å². The van der Waals surface area contributed by atoms with Crippen molar-refractivity contribution in [3.05, 3.63) is 144 Å². The summed E-state index contributed by atoms with van der Waals surface area (Å²) >= 11 is 0. The van der Waals surface area contributed by atoms with Crippen LogP contribution in [0.5, 0.6) is 0 Å². The molecule has 0 radical (unpaired) electrons. The van der Waals surface area contributed by atoms with Gasteiger partial charge in [-0.2, -0.15) is 8.42 Å². The van der Waals surface area contributed by atoms with Gasteiger partial charge in [0.1, 0.15) is 30.4 Å². The Hall–Kier alpha value is -3.88. The van der Waals surface area contributed by atoms with Crippen molar-refractivity contribution < 1.29 is 141 Å². The standard InChI is InChI=1S/C44H30N4O12S4.3Na/c49-61(50,51)29-9-1-25(2-10-29)41-33-17-19-35(45-33)42(26-3-11-30(12-4-26)62(52,53)54)37-21-23-39(47-37)44(28-7-15-32(16-8-28)64(58,59)60)40-24-22-38(48-40)43(36-20-18-34(41)46-36)27-5-13-31(14-6-27)63(55,56)57;;;/h1-24,45,48H,(H,49,50,51)(H,52,53,54)(H,55,56,57)(H,58,59,60);;;/q;3*+1/p-3. The van der Waals surface area contributed by atoms with Crippen molar-refractivity contribution in [1.82, 2.24) is 19.9 Å². The minimum atomic E-state index is -4.80. The first kappa shape index (κ1) is 52.5. The number of fused-ring (bicyclic) bond motifs is 8. The number of aromatic nitrogens is 4. The van der Waals surface area contributed by atoms with Crippen LogP contribution >= 0.6 is 0 Å². The van der Waals surface area contributed by atoms with Crippen LogP contribution in [-0.2, 0) is 40.5 Å². The molecule has 0 spiro atoms. The van der Waals surface area contributed by atoms with Gasteiger partial charge in [-0.3, -0.25) is 4.55 Å². The molecule has 0 amide bonds. The molecular formula is C44H27N4Na3O12S4. The van der Waals surface area contributed by atoms with Crippen molar-refractivity contribution in [1.29, 1.82) is 0 Å². The number of rotatable bonds is 8. The number of benzene rings is 4. The maximum absolute atomic E-state index is 12.0. The van der Waals surface area contributed by atoms with Crippen LogP contribution in [0.25, 0.3) is 90.9 Å². The van der Waals surface area contributed by atoms with Gasteiger partial charge in [-0.1, -0.05) is 48.5 Å². The zero-order valence-electron chi connectivity index (χ0n) is 35.3. The van der Waals surface area contributed by atoms with Crippen LogP contribution in [0.15, 0.2) is 141 Å². The number of nitrogens with one attached hydrogen (secondary N) is 2. The molecule has 3 N–H and O–H groups in total. The summed E-state index contributed by atoms with van der Waals surface area (Å²) in [6, 6.07) is 28.1. The number of hydrogen-bond acceptors (Lipinski definition) is 13. The Bertz CT molecular complexity index is 3310. The molecule has 0 fully saturated rings. The molecule has 67 heavy (non-hydrogen) atoms. The molecular weight excluding hydrogens is 974 g/mol. The van der Waals surface area contributed by atoms with Gasteiger partial charge in [-0.15, -0.1) is 0 Å². The van der Waals surface area contributed by atoms with Crippen molar-refractivity contribution in [2.75, 3.05) is 0 Å². The summed E-state index contributed by atoms with van der Waals surface area (Å²) in [5, 5.41) is 0. The molecule has 0 saturated carbocycles. The van der Waals surface area contributed by atoms with E-state index in [1.165, 1.54) is 97.1 Å². The van der Waals surface area contributed by atoms with Gasteiger partial charge in [0, 0.05) is 44.3 Å². The number of aromatic amines is 2. The largest absolute Gasteiger partial charge is 1.00 e. The second kappa shape index (κ2) is 19.9. The van der Waals surface area contributed by atoms with E-state index < -0.39 is 55.2 Å². The second-order valence-electron chi connectivity index (χ2n) is 14.4. The minimum Gasteiger partial charge on any atom is -0.744 e. The Morgan fingerprint density at radius 2 is 0.552 bits per heavy atom. The summed E-state index contributed by atoms with van der Waals surface area (Å²) in [5.74, 6) is 0. The van der Waals surface area contributed by atoms with Crippen LogP contribution in [0.1, 0.15) is 22.8 Å². The molecule has 0 atom stereocenters. The van der Waals surface area contributed by atoms with E-state index in [-0.39, 0.29) is 93.6 Å². The van der Waals surface area contributed by atoms with Crippen molar-refractivity contribution in [2.24, 2.45) is 0 Å². The fraction of sp³-hybridized carbons (Fsp3) is 0. The summed E-state index contributed by atoms with van der Waals surface area (Å²) in [7, 11) is -19.0. The smallest absolute Gasteiger partial charge is 0.744 e. The molecule has 2 aliphatic heterocycles. The summed E-state index contributed by atoms with van der Waals surface area (Å²) < 4.78 is 141. The van der Waals surface area contributed by atoms with Crippen LogP contribution in [0, 0.1) is 0 Å². The third-order valence-corrected chi connectivity index (χ3v) is 13.9. The average molecular weight is 1000 g/mol. The third-order valence-electron chi connectivity index (χ3n) is 10.5. The number of hydrogen-bond donors (Lipinski definition) is 3. The molecule has 5 heterocycles. The quantitative estimate of drug-likeness (QED) is 0.113. The van der Waals surface area contributed by atoms with Gasteiger partial charge < -0.3 is 23.6 Å². The summed E-state index contributed by atoms with van der Waals surface area (Å²) in [6.45, 7) is 0. The maximum atomic E-state index is 12.0. The Balaban J connectivity index is 0.00000247. The number of nitrogens with zero attached hydrogens (tertiary/aromatic N) is 2. The molecule has 16 nitrogen and oxygen atoms in total. The summed E-state index contributed by atoms with van der Waals surface area (Å²) in [4.78, 5) is 15.2. The van der Waals surface area contributed by atoms with Gasteiger partial charge in [-0.05, 0) is 119 Å². The SMILES string of the molecule is O=S(=O)([O-])c1ccc(-c2c3nc(c(-c4ccc(S(=O)(=O)[O-])cc4)c4ccc([nH]4)c(-c4ccc(S(=O)(=O)O)cc4)c4nc(c(-c5ccc(S(=O)(=O)[O-])cc5)c5ccc2[nH]5)C=C4)C=C3)cc1.[Na+].[Na+].[Na+]. The van der Waals surface area contributed by atoms with Crippen molar-refractivity contribution in [3.63, 3.8) is 0 Å². The average Bonchev–Trinajstić information content (AvgIpc) is 4.08. The van der Waals surface area contributed by atoms with E-state index in [4.69, 9.17) is 9.97 Å². The van der Waals surface area contributed by atoms with Crippen molar-refractivity contribution in [3.8, 4) is 44.5 Å². The molecule has 23 heteroatoms. The molecule has 3 aromatic heterocycles. The monoisotopic (exact) mass is 1000 g/mol. The predicted molar refractivity (Wildman–Crippen MR) is 234 cm³/mol. The van der Waals surface area contributed by atoms with Crippen molar-refractivity contribution in [2.45, 2.75) is 19.6 Å². The van der Waals surface area contributed by atoms with Gasteiger partial charge >= 0.3 is 88.7 Å². The van der Waals surface area contributed by atoms with E-state index >= 15 is 0 Å². The normalized spacial score (nSPS) is 12.5. The molecule has 2 aliphatic rings. The van der Waals surface area contributed by atoms with E-state index in [0.717, 1.165) is 0 Å². The van der Waals surface area contributed by atoms with Crippen LogP contribution < -0.4 is 88.7 Å². The topological polar surface area (TPSA) is 283 Å². The van der Waals surface area contributed by atoms with Gasteiger partial charge in [-0.25, -0.2) is 35.2 Å². The second-order valence-corrected chi connectivity index (χ2v) is 20.0. The first-order chi connectivity index (χ1) is 30.2. The van der Waals surface area contributed by atoms with Gasteiger partial charge in [0.15, 0.2) is 0 Å². The van der Waals surface area contributed by atoms with E-state index in [1.807, 2.05) is 0 Å². The molecule has 4 aromatic carbocycles. The van der Waals surface area contributed by atoms with E-state index in [9.17, 15) is 51.9 Å². The van der Waals surface area contributed by atoms with Crippen molar-refractivity contribution >= 4 is 86.8 Å². The zero-order chi connectivity index (χ0) is 45.3. The van der Waals surface area contributed by atoms with Crippen LogP contribution in [-0.4, -0.2) is 71.8 Å². The van der Waals surface area contributed by atoms with E-state index in [2.05, 4.69) is 9.97 Å². The molecule has 0 aliphatic carbocycles. The Morgan fingerprint density at radius 3 is 0.746 bits per heavy atom. The summed E-state index contributed by atoms with van der Waals surface area (Å²) in [5.41, 5.74) is 6.92. The first-order valence-corrected chi connectivity index (χ1v) is 24.3. The molecule has 7 aromatic rings. The third kappa shape index (κ3) is 10.8. The minimum absolute atomic E-state index is 0. The Labute approximate surface area is 450 Å². The maximum Gasteiger partial charge on any atom is 1.00 e. The van der Waals surface area contributed by atoms with Gasteiger partial charge in [0.25, 0.3) is 10.1 Å². The fourth-order valence-corrected chi connectivity index (χ4v) is 9.47. The zero-order valence-corrected chi connectivity index (χ0v) is 44.6. The molecule has 0 unspecified atom stereocenters. The number of H-pyrrole nitrogens is 2. The molecule has 322 valence electrons. The van der Waals surface area contributed by atoms with E-state index in [0.29, 0.717) is 89.4 Å². The van der Waals surface area contributed by atoms with Gasteiger partial charge in [0.05, 0.1) is 42.4 Å². The Morgan fingerprint density at radius 1 is 0.343 bits per heavy atom. The van der Waals surface area contributed by atoms with Gasteiger partial charge in [0.2, 0.25) is 0 Å². The Kier molecular flexibility index (Phi) is 15.6. The first-order valence-electron chi connectivity index (χ1n) is 18.7. The van der Waals surface area contributed by atoms with Crippen LogP contribution in [0.3, 0.4) is 0 Å². The predicted octanol–water partition coefficient (Wildman–Crippen LogP) is -1.71.